The summed E-state index contributed by atoms with van der Waals surface area (Å²) in [4.78, 5) is 4.80. The summed E-state index contributed by atoms with van der Waals surface area (Å²) in [7, 11) is 1.70. The third-order valence-corrected chi connectivity index (χ3v) is 5.13. The molecule has 0 saturated heterocycles. The molecule has 3 aromatic rings. The van der Waals surface area contributed by atoms with Gasteiger partial charge in [-0.3, -0.25) is 0 Å². The lowest BCUT2D eigenvalue weighted by Crippen LogP contribution is -2.11. The van der Waals surface area contributed by atoms with E-state index in [0.29, 0.717) is 19.0 Å². The molecule has 6 heteroatoms. The number of pyridine rings is 1. The van der Waals surface area contributed by atoms with Crippen LogP contribution in [0.1, 0.15) is 43.3 Å². The van der Waals surface area contributed by atoms with Crippen LogP contribution < -0.4 is 4.74 Å². The van der Waals surface area contributed by atoms with Gasteiger partial charge in [0.2, 0.25) is 0 Å². The number of ether oxygens (including phenoxy) is 1. The molecule has 138 valence electrons. The van der Waals surface area contributed by atoms with Crippen molar-refractivity contribution in [2.45, 2.75) is 32.7 Å². The van der Waals surface area contributed by atoms with Crippen molar-refractivity contribution < 1.29 is 4.74 Å². The van der Waals surface area contributed by atoms with Crippen LogP contribution in [0.5, 0.6) is 5.75 Å². The van der Waals surface area contributed by atoms with E-state index < -0.39 is 0 Å². The Morgan fingerprint density at radius 3 is 2.81 bits per heavy atom. The average molecular weight is 361 g/mol. The molecule has 0 radical (unpaired) electrons. The Morgan fingerprint density at radius 1 is 1.19 bits per heavy atom. The zero-order valence-electron chi connectivity index (χ0n) is 15.9. The van der Waals surface area contributed by atoms with Gasteiger partial charge in [0.15, 0.2) is 0 Å². The Hall–Kier alpha value is -3.02. The summed E-state index contributed by atoms with van der Waals surface area (Å²) in [5.74, 6) is 1.34. The fourth-order valence-corrected chi connectivity index (χ4v) is 3.43. The Balaban J connectivity index is 1.75. The van der Waals surface area contributed by atoms with E-state index in [1.165, 1.54) is 16.6 Å². The lowest BCUT2D eigenvalue weighted by Gasteiger charge is -2.15. The van der Waals surface area contributed by atoms with Crippen molar-refractivity contribution in [1.82, 2.24) is 9.55 Å². The summed E-state index contributed by atoms with van der Waals surface area (Å²) in [6.07, 6.45) is 1.08. The standard InChI is InChI=1S/C21H23N5O/c1-4-14(2)21-11-15-10-17(27-3)8-9-20(15)26(21)13-16-6-5-7-18(23-16)19-12-22-25-24-19/h5-11,14H,4,12-13H2,1-3H3. The number of benzene rings is 1. The van der Waals surface area contributed by atoms with Crippen molar-refractivity contribution in [3.8, 4) is 5.75 Å². The van der Waals surface area contributed by atoms with E-state index in [9.17, 15) is 0 Å². The number of hydrogen-bond donors (Lipinski definition) is 0. The molecule has 6 nitrogen and oxygen atoms in total. The molecule has 2 aromatic heterocycles. The molecule has 3 heterocycles. The summed E-state index contributed by atoms with van der Waals surface area (Å²) in [6.45, 7) is 5.70. The predicted octanol–water partition coefficient (Wildman–Crippen LogP) is 4.78. The molecule has 0 N–H and O–H groups in total. The zero-order valence-corrected chi connectivity index (χ0v) is 15.9. The first-order valence-corrected chi connectivity index (χ1v) is 9.26. The summed E-state index contributed by atoms with van der Waals surface area (Å²) < 4.78 is 7.76. The van der Waals surface area contributed by atoms with Crippen molar-refractivity contribution in [2.75, 3.05) is 13.7 Å². The van der Waals surface area contributed by atoms with Crippen LogP contribution in [-0.4, -0.2) is 28.9 Å². The van der Waals surface area contributed by atoms with Gasteiger partial charge < -0.3 is 9.30 Å². The van der Waals surface area contributed by atoms with Crippen molar-refractivity contribution in [3.05, 3.63) is 59.5 Å². The molecule has 1 aromatic carbocycles. The second kappa shape index (κ2) is 7.31. The summed E-state index contributed by atoms with van der Waals surface area (Å²) in [5, 5.41) is 12.9. The molecule has 1 aliphatic rings. The van der Waals surface area contributed by atoms with E-state index in [1.54, 1.807) is 7.11 Å². The van der Waals surface area contributed by atoms with Gasteiger partial charge in [-0.15, -0.1) is 5.10 Å². The molecule has 0 saturated carbocycles. The monoisotopic (exact) mass is 361 g/mol. The maximum atomic E-state index is 5.40. The molecule has 4 rings (SSSR count). The van der Waals surface area contributed by atoms with E-state index in [1.807, 2.05) is 18.2 Å². The third kappa shape index (κ3) is 3.35. The first kappa shape index (κ1) is 17.4. The van der Waals surface area contributed by atoms with E-state index in [0.717, 1.165) is 29.3 Å². The molecule has 1 unspecified atom stereocenters. The van der Waals surface area contributed by atoms with E-state index in [4.69, 9.17) is 9.72 Å². The van der Waals surface area contributed by atoms with Crippen LogP contribution in [0.3, 0.4) is 0 Å². The second-order valence-electron chi connectivity index (χ2n) is 6.84. The molecule has 0 spiro atoms. The number of fused-ring (bicyclic) bond motifs is 1. The van der Waals surface area contributed by atoms with Gasteiger partial charge in [0.05, 0.1) is 25.0 Å². The predicted molar refractivity (Wildman–Crippen MR) is 107 cm³/mol. The molecule has 0 aliphatic carbocycles. The van der Waals surface area contributed by atoms with Crippen molar-refractivity contribution >= 4 is 16.6 Å². The van der Waals surface area contributed by atoms with Crippen LogP contribution in [0, 0.1) is 0 Å². The highest BCUT2D eigenvalue weighted by Crippen LogP contribution is 2.30. The summed E-state index contributed by atoms with van der Waals surface area (Å²) in [5.41, 5.74) is 5.18. The molecular formula is C21H23N5O. The molecule has 1 aliphatic heterocycles. The molecule has 0 amide bonds. The molecule has 0 fully saturated rings. The van der Waals surface area contributed by atoms with Crippen molar-refractivity contribution in [1.29, 1.82) is 0 Å². The third-order valence-electron chi connectivity index (χ3n) is 5.13. The van der Waals surface area contributed by atoms with Gasteiger partial charge in [0.25, 0.3) is 0 Å². The Bertz CT molecular complexity index is 1030. The number of methoxy groups -OCH3 is 1. The van der Waals surface area contributed by atoms with Crippen LogP contribution >= 0.6 is 0 Å². The maximum Gasteiger partial charge on any atom is 0.119 e. The SMILES string of the molecule is CCC(C)c1cc2cc(OC)ccc2n1Cc1cccc(C2=NN=NC2)n1. The minimum absolute atomic E-state index is 0.461. The lowest BCUT2D eigenvalue weighted by molar-refractivity contribution is 0.415. The van der Waals surface area contributed by atoms with Crippen LogP contribution in [0.2, 0.25) is 0 Å². The van der Waals surface area contributed by atoms with Gasteiger partial charge in [-0.25, -0.2) is 4.98 Å². The van der Waals surface area contributed by atoms with Crippen molar-refractivity contribution in [2.24, 2.45) is 15.4 Å². The fourth-order valence-electron chi connectivity index (χ4n) is 3.43. The minimum Gasteiger partial charge on any atom is -0.497 e. The normalized spacial score (nSPS) is 14.6. The van der Waals surface area contributed by atoms with Gasteiger partial charge in [0.1, 0.15) is 18.0 Å². The summed E-state index contributed by atoms with van der Waals surface area (Å²) in [6, 6.07) is 14.6. The number of nitrogens with zero attached hydrogens (tertiary/aromatic N) is 5. The zero-order chi connectivity index (χ0) is 18.8. The second-order valence-corrected chi connectivity index (χ2v) is 6.84. The molecular weight excluding hydrogens is 338 g/mol. The molecule has 0 bridgehead atoms. The van der Waals surface area contributed by atoms with Gasteiger partial charge in [0, 0.05) is 16.6 Å². The highest BCUT2D eigenvalue weighted by molar-refractivity contribution is 6.01. The van der Waals surface area contributed by atoms with Crippen LogP contribution in [0.15, 0.2) is 57.9 Å². The van der Waals surface area contributed by atoms with Crippen LogP contribution in [0.25, 0.3) is 10.9 Å². The van der Waals surface area contributed by atoms with Gasteiger partial charge >= 0.3 is 0 Å². The topological polar surface area (TPSA) is 64.1 Å². The quantitative estimate of drug-likeness (QED) is 0.634. The number of rotatable bonds is 6. The molecule has 1 atom stereocenters. The highest BCUT2D eigenvalue weighted by atomic mass is 16.5. The Morgan fingerprint density at radius 2 is 2.07 bits per heavy atom. The average Bonchev–Trinajstić information content (AvgIpc) is 3.36. The van der Waals surface area contributed by atoms with E-state index in [2.05, 4.69) is 58.1 Å². The Kier molecular flexibility index (Phi) is 4.71. The number of hydrogen-bond acceptors (Lipinski definition) is 5. The first-order chi connectivity index (χ1) is 13.2. The van der Waals surface area contributed by atoms with Crippen LogP contribution in [0.4, 0.5) is 0 Å². The summed E-state index contributed by atoms with van der Waals surface area (Å²) >= 11 is 0. The number of aromatic nitrogens is 2. The van der Waals surface area contributed by atoms with E-state index >= 15 is 0 Å². The van der Waals surface area contributed by atoms with Crippen LogP contribution in [-0.2, 0) is 6.54 Å². The fraction of sp³-hybridized carbons (Fsp3) is 0.333. The van der Waals surface area contributed by atoms with Crippen molar-refractivity contribution in [3.63, 3.8) is 0 Å². The van der Waals surface area contributed by atoms with Gasteiger partial charge in [-0.05, 0) is 54.0 Å². The van der Waals surface area contributed by atoms with Gasteiger partial charge in [-0.2, -0.15) is 5.11 Å². The maximum absolute atomic E-state index is 5.40. The smallest absolute Gasteiger partial charge is 0.119 e. The first-order valence-electron chi connectivity index (χ1n) is 9.26. The lowest BCUT2D eigenvalue weighted by atomic mass is 10.0. The Labute approximate surface area is 158 Å². The molecule has 27 heavy (non-hydrogen) atoms. The highest BCUT2D eigenvalue weighted by Gasteiger charge is 2.16. The van der Waals surface area contributed by atoms with E-state index in [-0.39, 0.29) is 0 Å². The largest absolute Gasteiger partial charge is 0.497 e. The van der Waals surface area contributed by atoms with Gasteiger partial charge in [-0.1, -0.05) is 19.9 Å². The minimum atomic E-state index is 0.461.